The van der Waals surface area contributed by atoms with Crippen molar-refractivity contribution in [1.29, 1.82) is 0 Å². The van der Waals surface area contributed by atoms with E-state index >= 15 is 0 Å². The zero-order valence-electron chi connectivity index (χ0n) is 25.7. The van der Waals surface area contributed by atoms with E-state index in [1.54, 1.807) is 52.7 Å². The first-order valence-corrected chi connectivity index (χ1v) is 15.3. The number of carbonyl (C=O) groups is 1. The molecule has 1 aliphatic heterocycles. The zero-order chi connectivity index (χ0) is 30.7. The van der Waals surface area contributed by atoms with Crippen molar-refractivity contribution < 1.29 is 48.5 Å². The summed E-state index contributed by atoms with van der Waals surface area (Å²) in [5.74, 6) is -2.21. The molecule has 5 saturated carbocycles. The highest BCUT2D eigenvalue weighted by Gasteiger charge is 2.91. The van der Waals surface area contributed by atoms with Gasteiger partial charge in [-0.25, -0.2) is 4.79 Å². The first-order chi connectivity index (χ1) is 20.6. The Kier molecular flexibility index (Phi) is 6.92. The Balaban J connectivity index is 1.49. The van der Waals surface area contributed by atoms with Crippen LogP contribution in [0.3, 0.4) is 0 Å². The van der Waals surface area contributed by atoms with Gasteiger partial charge in [-0.1, -0.05) is 18.2 Å². The predicted molar refractivity (Wildman–Crippen MR) is 151 cm³/mol. The Morgan fingerprint density at radius 2 is 1.72 bits per heavy atom. The van der Waals surface area contributed by atoms with Gasteiger partial charge in [0, 0.05) is 83.1 Å². The number of fused-ring (bicyclic) bond motifs is 2. The number of hydrogen-bond donors (Lipinski definition) is 3. The molecule has 7 bridgehead atoms. The molecule has 3 N–H and O–H groups in total. The average Bonchev–Trinajstić information content (AvgIpc) is 3.38. The Morgan fingerprint density at radius 3 is 2.33 bits per heavy atom. The van der Waals surface area contributed by atoms with Gasteiger partial charge in [-0.05, 0) is 31.5 Å². The number of benzene rings is 1. The normalized spacial score (nSPS) is 52.7. The van der Waals surface area contributed by atoms with Gasteiger partial charge < -0.3 is 48.6 Å². The molecule has 1 heterocycles. The van der Waals surface area contributed by atoms with Crippen LogP contribution in [0.15, 0.2) is 30.3 Å². The highest BCUT2D eigenvalue weighted by Crippen LogP contribution is 2.80. The minimum atomic E-state index is -1.71. The number of aliphatic hydroxyl groups is 3. The molecule has 6 fully saturated rings. The van der Waals surface area contributed by atoms with E-state index < -0.39 is 76.5 Å². The van der Waals surface area contributed by atoms with Gasteiger partial charge in [0.25, 0.3) is 0 Å². The van der Waals surface area contributed by atoms with Crippen LogP contribution in [-0.4, -0.2) is 136 Å². The fourth-order valence-electron chi connectivity index (χ4n) is 12.1. The first kappa shape index (κ1) is 30.0. The number of aliphatic hydroxyl groups excluding tert-OH is 2. The third-order valence-electron chi connectivity index (χ3n) is 12.9. The van der Waals surface area contributed by atoms with Crippen LogP contribution in [0.4, 0.5) is 0 Å². The maximum absolute atomic E-state index is 13.6. The van der Waals surface area contributed by atoms with Crippen molar-refractivity contribution in [3.8, 4) is 0 Å². The second-order valence-corrected chi connectivity index (χ2v) is 13.9. The SMILES string of the molecule is COCC12CN(C)[C@@H]3C4C(OC)[C@H]1C3(C(OC)CC2O)[C@@H]1C[C@]2(O)C(OC(=O)c3ccccc3)[C@@H]1[C@]4(OC)C(O)[C@@H]2OC. The van der Waals surface area contributed by atoms with Crippen molar-refractivity contribution in [2.75, 3.05) is 55.7 Å². The van der Waals surface area contributed by atoms with Crippen molar-refractivity contribution in [2.45, 2.75) is 66.7 Å². The van der Waals surface area contributed by atoms with E-state index in [9.17, 15) is 20.1 Å². The number of hydrogen-bond acceptors (Lipinski definition) is 11. The summed E-state index contributed by atoms with van der Waals surface area (Å²) in [6, 6.07) is 8.51. The maximum Gasteiger partial charge on any atom is 0.338 e. The summed E-state index contributed by atoms with van der Waals surface area (Å²) < 4.78 is 37.4. The van der Waals surface area contributed by atoms with Crippen LogP contribution in [0, 0.1) is 34.5 Å². The molecule has 6 aliphatic rings. The smallest absolute Gasteiger partial charge is 0.338 e. The molecule has 43 heavy (non-hydrogen) atoms. The summed E-state index contributed by atoms with van der Waals surface area (Å²) in [6.45, 7) is 0.863. The predicted octanol–water partition coefficient (Wildman–Crippen LogP) is 0.341. The van der Waals surface area contributed by atoms with Gasteiger partial charge in [-0.15, -0.1) is 0 Å². The summed E-state index contributed by atoms with van der Waals surface area (Å²) >= 11 is 0. The minimum Gasteiger partial charge on any atom is -0.455 e. The van der Waals surface area contributed by atoms with Gasteiger partial charge >= 0.3 is 5.97 Å². The zero-order valence-corrected chi connectivity index (χ0v) is 25.7. The van der Waals surface area contributed by atoms with Crippen LogP contribution >= 0.6 is 0 Å². The second kappa shape index (κ2) is 9.91. The molecule has 15 atom stereocenters. The third-order valence-corrected chi connectivity index (χ3v) is 12.9. The highest BCUT2D eigenvalue weighted by molar-refractivity contribution is 5.89. The van der Waals surface area contributed by atoms with Crippen LogP contribution in [0.25, 0.3) is 0 Å². The van der Waals surface area contributed by atoms with Gasteiger partial charge in [-0.2, -0.15) is 0 Å². The van der Waals surface area contributed by atoms with E-state index in [1.165, 1.54) is 7.11 Å². The summed E-state index contributed by atoms with van der Waals surface area (Å²) in [6.07, 6.45) is -4.43. The van der Waals surface area contributed by atoms with E-state index in [1.807, 2.05) is 13.1 Å². The van der Waals surface area contributed by atoms with Gasteiger partial charge in [0.15, 0.2) is 0 Å². The van der Waals surface area contributed by atoms with Gasteiger partial charge in [0.05, 0.1) is 30.5 Å². The fraction of sp³-hybridized carbons (Fsp3) is 0.781. The molecule has 0 radical (unpaired) electrons. The van der Waals surface area contributed by atoms with Crippen LogP contribution in [0.1, 0.15) is 23.2 Å². The molecule has 1 aromatic rings. The van der Waals surface area contributed by atoms with E-state index in [0.29, 0.717) is 25.1 Å². The topological polar surface area (TPSA) is 136 Å². The fourth-order valence-corrected chi connectivity index (χ4v) is 12.1. The first-order valence-electron chi connectivity index (χ1n) is 15.3. The van der Waals surface area contributed by atoms with Crippen LogP contribution in [0.5, 0.6) is 0 Å². The largest absolute Gasteiger partial charge is 0.455 e. The number of rotatable bonds is 8. The lowest BCUT2D eigenvalue weighted by Crippen LogP contribution is -2.81. The molecule has 238 valence electrons. The standard InChI is InChI=1S/C32H45NO10/c1-33-14-29(15-38-2)18(34)12-19(39-3)31-17-13-30(37)26(43-28(36)16-10-8-7-9-11-16)20(17)32(42-6,25(35)27(30)41-5)21(24(31)33)22(40-4)23(29)31/h7-11,17-27,34-35,37H,12-15H2,1-6H3/t17-,18?,19?,20-,21?,22?,23-,24-,25?,26?,27+,29?,30+,31?,32-/m1/s1. The van der Waals surface area contributed by atoms with Gasteiger partial charge in [0.2, 0.25) is 0 Å². The summed E-state index contributed by atoms with van der Waals surface area (Å²) in [7, 11) is 10.1. The molecular weight excluding hydrogens is 558 g/mol. The monoisotopic (exact) mass is 603 g/mol. The summed E-state index contributed by atoms with van der Waals surface area (Å²) in [5, 5.41) is 36.9. The maximum atomic E-state index is 13.6. The number of likely N-dealkylation sites (tertiary alicyclic amines) is 1. The van der Waals surface area contributed by atoms with E-state index in [4.69, 9.17) is 28.4 Å². The van der Waals surface area contributed by atoms with Gasteiger partial charge in [-0.3, -0.25) is 0 Å². The van der Waals surface area contributed by atoms with Crippen LogP contribution in [-0.2, 0) is 28.4 Å². The van der Waals surface area contributed by atoms with Crippen molar-refractivity contribution in [3.63, 3.8) is 0 Å². The molecule has 0 aromatic heterocycles. The van der Waals surface area contributed by atoms with Crippen LogP contribution < -0.4 is 0 Å². The molecule has 11 heteroatoms. The Hall–Kier alpha value is -1.67. The summed E-state index contributed by atoms with van der Waals surface area (Å²) in [5.41, 5.74) is -4.01. The molecule has 0 amide bonds. The molecule has 7 rings (SSSR count). The van der Waals surface area contributed by atoms with Crippen molar-refractivity contribution in [1.82, 2.24) is 4.90 Å². The number of nitrogens with zero attached hydrogens (tertiary/aromatic N) is 1. The average molecular weight is 604 g/mol. The number of methoxy groups -OCH3 is 5. The number of esters is 1. The van der Waals surface area contributed by atoms with Crippen molar-refractivity contribution >= 4 is 5.97 Å². The second-order valence-electron chi connectivity index (χ2n) is 13.9. The molecule has 1 spiro atoms. The van der Waals surface area contributed by atoms with Gasteiger partial charge in [0.1, 0.15) is 29.5 Å². The lowest BCUT2D eigenvalue weighted by Gasteiger charge is -2.70. The van der Waals surface area contributed by atoms with E-state index in [-0.39, 0.29) is 24.3 Å². The number of piperidine rings is 1. The molecule has 1 aromatic carbocycles. The minimum absolute atomic E-state index is 0.189. The third kappa shape index (κ3) is 3.24. The van der Waals surface area contributed by atoms with Crippen molar-refractivity contribution in [3.05, 3.63) is 35.9 Å². The Labute approximate surface area is 252 Å². The lowest BCUT2D eigenvalue weighted by atomic mass is 9.42. The molecule has 8 unspecified atom stereocenters. The Morgan fingerprint density at radius 1 is 1.00 bits per heavy atom. The molecule has 5 aliphatic carbocycles. The van der Waals surface area contributed by atoms with E-state index in [2.05, 4.69) is 4.90 Å². The van der Waals surface area contributed by atoms with E-state index in [0.717, 1.165) is 0 Å². The molecule has 11 nitrogen and oxygen atoms in total. The quantitative estimate of drug-likeness (QED) is 0.355. The highest BCUT2D eigenvalue weighted by atomic mass is 16.6. The Bertz CT molecular complexity index is 1250. The number of carbonyl (C=O) groups excluding carboxylic acids is 1. The molecule has 1 saturated heterocycles. The number of ether oxygens (including phenoxy) is 6. The lowest BCUT2D eigenvalue weighted by molar-refractivity contribution is -0.324. The van der Waals surface area contributed by atoms with Crippen LogP contribution in [0.2, 0.25) is 0 Å². The molecular formula is C32H45NO10. The van der Waals surface area contributed by atoms with Crippen molar-refractivity contribution in [2.24, 2.45) is 34.5 Å². The summed E-state index contributed by atoms with van der Waals surface area (Å²) in [4.78, 5) is 15.9.